The first kappa shape index (κ1) is 16.2. The Labute approximate surface area is 93.0 Å². The summed E-state index contributed by atoms with van der Waals surface area (Å²) in [5.74, 6) is 0. The fraction of sp³-hybridized carbons (Fsp3) is 0.385. The van der Waals surface area contributed by atoms with Crippen LogP contribution in [0.25, 0.3) is 10.9 Å². The van der Waals surface area contributed by atoms with Crippen molar-refractivity contribution in [2.75, 3.05) is 7.11 Å². The minimum Gasteiger partial charge on any atom is -0.400 e. The van der Waals surface area contributed by atoms with Gasteiger partial charge in [0, 0.05) is 18.8 Å². The number of fused-ring (bicyclic) bond motifs is 1. The third kappa shape index (κ3) is 5.92. The Balaban J connectivity index is 0. The summed E-state index contributed by atoms with van der Waals surface area (Å²) in [5, 5.41) is 8.28. The molecular formula is C13H23NO. The van der Waals surface area contributed by atoms with E-state index in [1.165, 1.54) is 10.9 Å². The van der Waals surface area contributed by atoms with Crippen LogP contribution in [-0.4, -0.2) is 17.2 Å². The van der Waals surface area contributed by atoms with E-state index < -0.39 is 0 Å². The fourth-order valence-electron chi connectivity index (χ4n) is 0.995. The lowest BCUT2D eigenvalue weighted by molar-refractivity contribution is 0.399. The summed E-state index contributed by atoms with van der Waals surface area (Å²) in [7, 11) is 1.00. The highest BCUT2D eigenvalue weighted by atomic mass is 16.2. The molecule has 0 saturated carbocycles. The molecule has 0 aliphatic carbocycles. The summed E-state index contributed by atoms with van der Waals surface area (Å²) >= 11 is 0. The summed E-state index contributed by atoms with van der Waals surface area (Å²) in [4.78, 5) is 3.12. The molecule has 0 radical (unpaired) electrons. The van der Waals surface area contributed by atoms with E-state index in [1.54, 1.807) is 0 Å². The summed E-state index contributed by atoms with van der Waals surface area (Å²) in [6.07, 6.45) is 1.95. The monoisotopic (exact) mass is 209 g/mol. The Hall–Kier alpha value is -1.28. The van der Waals surface area contributed by atoms with Crippen molar-refractivity contribution in [1.29, 1.82) is 0 Å². The van der Waals surface area contributed by atoms with Gasteiger partial charge in [0.2, 0.25) is 0 Å². The summed E-state index contributed by atoms with van der Waals surface area (Å²) in [5.41, 5.74) is 1.21. The number of nitrogens with one attached hydrogen (secondary N) is 1. The molecule has 0 amide bonds. The van der Waals surface area contributed by atoms with Crippen LogP contribution in [0.15, 0.2) is 36.5 Å². The molecule has 2 rings (SSSR count). The fourth-order valence-corrected chi connectivity index (χ4v) is 0.995. The lowest BCUT2D eigenvalue weighted by atomic mass is 10.3. The molecule has 0 aliphatic rings. The lowest BCUT2D eigenvalue weighted by Gasteiger charge is -1.83. The smallest absolute Gasteiger partial charge is 0.0453 e. The van der Waals surface area contributed by atoms with E-state index >= 15 is 0 Å². The standard InChI is InChI=1S/C8H7N.2C2H6.CH4O/c1-2-4-8-7(3-1)5-6-9-8;3*1-2/h1-6,9H;2*1-2H3;2H,1H3. The average molecular weight is 209 g/mol. The Morgan fingerprint density at radius 2 is 1.40 bits per heavy atom. The van der Waals surface area contributed by atoms with Gasteiger partial charge in [0.1, 0.15) is 0 Å². The van der Waals surface area contributed by atoms with Gasteiger partial charge in [0.05, 0.1) is 0 Å². The molecule has 2 nitrogen and oxygen atoms in total. The third-order valence-corrected chi connectivity index (χ3v) is 1.46. The van der Waals surface area contributed by atoms with Gasteiger partial charge < -0.3 is 10.1 Å². The predicted molar refractivity (Wildman–Crippen MR) is 69.1 cm³/mol. The number of para-hydroxylation sites is 1. The Kier molecular flexibility index (Phi) is 13.7. The van der Waals surface area contributed by atoms with E-state index in [0.29, 0.717) is 0 Å². The quantitative estimate of drug-likeness (QED) is 0.679. The number of hydrogen-bond acceptors (Lipinski definition) is 1. The molecule has 2 N–H and O–H groups in total. The van der Waals surface area contributed by atoms with E-state index in [0.717, 1.165) is 7.11 Å². The average Bonchev–Trinajstić information content (AvgIpc) is 2.85. The van der Waals surface area contributed by atoms with Crippen LogP contribution in [0.5, 0.6) is 0 Å². The number of H-pyrrole nitrogens is 1. The predicted octanol–water partition coefficient (Wildman–Crippen LogP) is 3.83. The van der Waals surface area contributed by atoms with E-state index in [9.17, 15) is 0 Å². The first-order chi connectivity index (χ1) is 7.47. The summed E-state index contributed by atoms with van der Waals surface area (Å²) in [6, 6.07) is 10.3. The van der Waals surface area contributed by atoms with Gasteiger partial charge in [-0.2, -0.15) is 0 Å². The van der Waals surface area contributed by atoms with Gasteiger partial charge in [-0.3, -0.25) is 0 Å². The lowest BCUT2D eigenvalue weighted by Crippen LogP contribution is -1.61. The van der Waals surface area contributed by atoms with Gasteiger partial charge in [-0.25, -0.2) is 0 Å². The number of hydrogen-bond donors (Lipinski definition) is 2. The van der Waals surface area contributed by atoms with Crippen LogP contribution < -0.4 is 0 Å². The van der Waals surface area contributed by atoms with Crippen LogP contribution in [0.4, 0.5) is 0 Å². The van der Waals surface area contributed by atoms with Gasteiger partial charge >= 0.3 is 0 Å². The normalized spacial score (nSPS) is 7.33. The number of aromatic nitrogens is 1. The first-order valence-electron chi connectivity index (χ1n) is 5.44. The van der Waals surface area contributed by atoms with Crippen LogP contribution in [0.2, 0.25) is 0 Å². The Morgan fingerprint density at radius 1 is 0.867 bits per heavy atom. The second-order valence-electron chi connectivity index (χ2n) is 2.06. The molecule has 0 bridgehead atoms. The number of rotatable bonds is 0. The molecule has 1 heterocycles. The molecule has 2 heteroatoms. The molecule has 1 aromatic heterocycles. The maximum atomic E-state index is 7.00. The number of aliphatic hydroxyl groups is 1. The van der Waals surface area contributed by atoms with Crippen molar-refractivity contribution in [3.05, 3.63) is 36.5 Å². The van der Waals surface area contributed by atoms with E-state index in [-0.39, 0.29) is 0 Å². The maximum Gasteiger partial charge on any atom is 0.0453 e. The van der Waals surface area contributed by atoms with Crippen LogP contribution in [0.3, 0.4) is 0 Å². The van der Waals surface area contributed by atoms with Crippen LogP contribution >= 0.6 is 0 Å². The molecule has 0 saturated heterocycles. The molecule has 15 heavy (non-hydrogen) atoms. The highest BCUT2D eigenvalue weighted by Gasteiger charge is 1.86. The van der Waals surface area contributed by atoms with Crippen molar-refractivity contribution < 1.29 is 5.11 Å². The largest absolute Gasteiger partial charge is 0.400 e. The molecule has 0 fully saturated rings. The first-order valence-corrected chi connectivity index (χ1v) is 5.44. The second kappa shape index (κ2) is 12.7. The van der Waals surface area contributed by atoms with Crippen molar-refractivity contribution in [2.24, 2.45) is 0 Å². The van der Waals surface area contributed by atoms with Gasteiger partial charge in [-0.1, -0.05) is 45.9 Å². The number of aliphatic hydroxyl groups excluding tert-OH is 1. The van der Waals surface area contributed by atoms with Crippen LogP contribution in [0.1, 0.15) is 27.7 Å². The molecule has 1 aromatic carbocycles. The second-order valence-corrected chi connectivity index (χ2v) is 2.06. The molecule has 0 atom stereocenters. The summed E-state index contributed by atoms with van der Waals surface area (Å²) in [6.45, 7) is 8.00. The minimum absolute atomic E-state index is 1.00. The van der Waals surface area contributed by atoms with Crippen LogP contribution in [-0.2, 0) is 0 Å². The van der Waals surface area contributed by atoms with Crippen molar-refractivity contribution in [3.8, 4) is 0 Å². The van der Waals surface area contributed by atoms with Crippen molar-refractivity contribution in [1.82, 2.24) is 4.98 Å². The molecule has 0 unspecified atom stereocenters. The highest BCUT2D eigenvalue weighted by molar-refractivity contribution is 5.78. The number of benzene rings is 1. The zero-order chi connectivity index (χ0) is 12.1. The van der Waals surface area contributed by atoms with Gasteiger partial charge in [0.25, 0.3) is 0 Å². The molecule has 2 aromatic rings. The molecule has 86 valence electrons. The summed E-state index contributed by atoms with van der Waals surface area (Å²) < 4.78 is 0. The highest BCUT2D eigenvalue weighted by Crippen LogP contribution is 2.09. The molecule has 0 aliphatic heterocycles. The van der Waals surface area contributed by atoms with Crippen LogP contribution in [0, 0.1) is 0 Å². The van der Waals surface area contributed by atoms with Gasteiger partial charge in [-0.15, -0.1) is 0 Å². The third-order valence-electron chi connectivity index (χ3n) is 1.46. The van der Waals surface area contributed by atoms with E-state index in [2.05, 4.69) is 23.2 Å². The van der Waals surface area contributed by atoms with Crippen molar-refractivity contribution in [2.45, 2.75) is 27.7 Å². The zero-order valence-electron chi connectivity index (χ0n) is 10.4. The van der Waals surface area contributed by atoms with Gasteiger partial charge in [0.15, 0.2) is 0 Å². The SMILES string of the molecule is CC.CC.CO.c1ccc2[nH]ccc2c1. The Morgan fingerprint density at radius 3 is 1.93 bits per heavy atom. The van der Waals surface area contributed by atoms with Gasteiger partial charge in [-0.05, 0) is 17.5 Å². The van der Waals surface area contributed by atoms with Crippen molar-refractivity contribution >= 4 is 10.9 Å². The van der Waals surface area contributed by atoms with Crippen molar-refractivity contribution in [3.63, 3.8) is 0 Å². The topological polar surface area (TPSA) is 36.0 Å². The Bertz CT molecular complexity index is 285. The minimum atomic E-state index is 1.00. The molecule has 0 spiro atoms. The van der Waals surface area contributed by atoms with E-state index in [1.807, 2.05) is 46.0 Å². The number of aromatic amines is 1. The molecular weight excluding hydrogens is 186 g/mol. The maximum absolute atomic E-state index is 7.00. The zero-order valence-corrected chi connectivity index (χ0v) is 10.4. The van der Waals surface area contributed by atoms with E-state index in [4.69, 9.17) is 5.11 Å².